The number of halogens is 3. The highest BCUT2D eigenvalue weighted by atomic mass is 35.5. The summed E-state index contributed by atoms with van der Waals surface area (Å²) in [6, 6.07) is 19.5. The van der Waals surface area contributed by atoms with Crippen LogP contribution in [0.25, 0.3) is 22.0 Å². The van der Waals surface area contributed by atoms with E-state index in [1.807, 2.05) is 67.4 Å². The average Bonchev–Trinajstić information content (AvgIpc) is 3.78. The lowest BCUT2D eigenvalue weighted by Crippen LogP contribution is -2.50. The van der Waals surface area contributed by atoms with Crippen LogP contribution in [0.4, 0.5) is 14.5 Å². The number of nitrogens with two attached hydrogens (primary N) is 1. The third-order valence-corrected chi connectivity index (χ3v) is 13.7. The molecule has 3 atom stereocenters. The number of benzene rings is 4. The summed E-state index contributed by atoms with van der Waals surface area (Å²) in [6.07, 6.45) is 6.39. The molecule has 5 N–H and O–H groups in total. The van der Waals surface area contributed by atoms with Gasteiger partial charge in [0.1, 0.15) is 11.6 Å². The fourth-order valence-electron chi connectivity index (χ4n) is 9.76. The van der Waals surface area contributed by atoms with E-state index in [0.717, 1.165) is 67.2 Å². The number of ether oxygens (including phenoxy) is 2. The van der Waals surface area contributed by atoms with Gasteiger partial charge >= 0.3 is 0 Å². The second kappa shape index (κ2) is 19.2. The maximum atomic E-state index is 16.2. The Labute approximate surface area is 381 Å². The third kappa shape index (κ3) is 9.00. The number of anilines is 1. The number of amides is 4. The number of imide groups is 1. The largest absolute Gasteiger partial charge is 0.494 e. The smallest absolute Gasteiger partial charge is 0.249 e. The lowest BCUT2D eigenvalue weighted by atomic mass is 9.77. The number of hydrogen-bond donors (Lipinski definition) is 4. The third-order valence-electron chi connectivity index (χ3n) is 13.3. The molecule has 4 aromatic carbocycles. The molecule has 4 amide bonds. The quantitative estimate of drug-likeness (QED) is 0.0570. The van der Waals surface area contributed by atoms with Gasteiger partial charge in [-0.3, -0.25) is 29.2 Å². The van der Waals surface area contributed by atoms with Crippen LogP contribution in [0.1, 0.15) is 104 Å². The standard InChI is InChI=1S/C49H54ClF2N7O6/c1-28-41-38(26-35(51)44(50)43(41)42-33(47(53)62)16-18-37(64-3)45(42)52)65-49(28,29-11-7-6-8-12-29)27-55-30-20-23-59(24-21-30)40(61)13-9-4-5-10-22-54-31-14-15-32-36(25-31)58(2)57-46(32)34-17-19-39(60)56-48(34)63/h6-8,11-12,14-16,18,25-26,28,30,34,54-55H,4-5,9-10,13,17,19-24,27H2,1-3H3,(H2,53,62)(H,56,60,63). The number of primary amides is 1. The minimum atomic E-state index is -1.07. The van der Waals surface area contributed by atoms with Gasteiger partial charge in [-0.1, -0.05) is 61.7 Å². The lowest BCUT2D eigenvalue weighted by molar-refractivity contribution is -0.134. The van der Waals surface area contributed by atoms with Crippen LogP contribution in [-0.4, -0.2) is 77.6 Å². The van der Waals surface area contributed by atoms with Crippen molar-refractivity contribution < 1.29 is 37.4 Å². The minimum absolute atomic E-state index is 0.00996. The SMILES string of the molecule is COc1ccc(C(N)=O)c(-c2c(Cl)c(F)cc3c2C(C)C(CNC2CCN(C(=O)CCCCCCNc4ccc5c(C6CCC(=O)NC6=O)nn(C)c5c4)CC2)(c2ccccc2)O3)c1F. The summed E-state index contributed by atoms with van der Waals surface area (Å²) in [6.45, 7) is 4.24. The van der Waals surface area contributed by atoms with Gasteiger partial charge in [-0.15, -0.1) is 0 Å². The first-order valence-corrected chi connectivity index (χ1v) is 22.7. The number of methoxy groups -OCH3 is 1. The fourth-order valence-corrected chi connectivity index (χ4v) is 10.0. The number of aryl methyl sites for hydroxylation is 1. The Morgan fingerprint density at radius 2 is 1.75 bits per heavy atom. The molecule has 0 radical (unpaired) electrons. The molecule has 3 unspecified atom stereocenters. The zero-order valence-corrected chi connectivity index (χ0v) is 37.5. The molecule has 3 aliphatic heterocycles. The first kappa shape index (κ1) is 45.5. The van der Waals surface area contributed by atoms with Gasteiger partial charge in [0.2, 0.25) is 23.6 Å². The molecule has 0 bridgehead atoms. The summed E-state index contributed by atoms with van der Waals surface area (Å²) in [4.78, 5) is 52.0. The summed E-state index contributed by atoms with van der Waals surface area (Å²) in [5.41, 5.74) is 8.04. The molecular formula is C49H54ClF2N7O6. The van der Waals surface area contributed by atoms with Gasteiger partial charge in [-0.05, 0) is 68.0 Å². The Bertz CT molecular complexity index is 2640. The maximum absolute atomic E-state index is 16.2. The van der Waals surface area contributed by atoms with E-state index in [4.69, 9.17) is 26.8 Å². The number of piperidine rings is 2. The summed E-state index contributed by atoms with van der Waals surface area (Å²) in [7, 11) is 3.15. The van der Waals surface area contributed by atoms with Crippen LogP contribution in [0.15, 0.2) is 66.7 Å². The number of nitrogens with zero attached hydrogens (tertiary/aromatic N) is 3. The van der Waals surface area contributed by atoms with Crippen molar-refractivity contribution in [1.29, 1.82) is 0 Å². The van der Waals surface area contributed by atoms with E-state index in [2.05, 4.69) is 21.0 Å². The predicted octanol–water partition coefficient (Wildman–Crippen LogP) is 7.83. The van der Waals surface area contributed by atoms with Crippen molar-refractivity contribution in [2.45, 2.75) is 88.2 Å². The van der Waals surface area contributed by atoms with Crippen LogP contribution in [0.3, 0.4) is 0 Å². The molecule has 13 nitrogen and oxygen atoms in total. The van der Waals surface area contributed by atoms with Crippen molar-refractivity contribution in [3.05, 3.63) is 106 Å². The van der Waals surface area contributed by atoms with Crippen molar-refractivity contribution in [1.82, 2.24) is 25.3 Å². The number of carbonyl (C=O) groups excluding carboxylic acids is 4. The molecule has 342 valence electrons. The van der Waals surface area contributed by atoms with E-state index >= 15 is 8.78 Å². The number of unbranched alkanes of at least 4 members (excludes halogenated alkanes) is 3. The van der Waals surface area contributed by atoms with Crippen LogP contribution in [0, 0.1) is 11.6 Å². The Morgan fingerprint density at radius 3 is 2.48 bits per heavy atom. The summed E-state index contributed by atoms with van der Waals surface area (Å²) in [5.74, 6) is -3.96. The van der Waals surface area contributed by atoms with Gasteiger partial charge in [0, 0.05) is 91.9 Å². The van der Waals surface area contributed by atoms with Crippen molar-refractivity contribution in [3.63, 3.8) is 0 Å². The van der Waals surface area contributed by atoms with Gasteiger partial charge in [-0.2, -0.15) is 5.10 Å². The minimum Gasteiger partial charge on any atom is -0.494 e. The molecule has 8 rings (SSSR count). The second-order valence-electron chi connectivity index (χ2n) is 17.3. The second-order valence-corrected chi connectivity index (χ2v) is 17.7. The number of rotatable bonds is 16. The van der Waals surface area contributed by atoms with E-state index in [1.54, 1.807) is 4.68 Å². The summed E-state index contributed by atoms with van der Waals surface area (Å²) in [5, 5.41) is 14.8. The first-order chi connectivity index (χ1) is 31.3. The van der Waals surface area contributed by atoms with Crippen molar-refractivity contribution in [2.75, 3.05) is 38.6 Å². The van der Waals surface area contributed by atoms with E-state index in [1.165, 1.54) is 25.3 Å². The summed E-state index contributed by atoms with van der Waals surface area (Å²) >= 11 is 6.67. The lowest BCUT2D eigenvalue weighted by Gasteiger charge is -2.38. The van der Waals surface area contributed by atoms with Crippen LogP contribution >= 0.6 is 11.6 Å². The molecule has 16 heteroatoms. The van der Waals surface area contributed by atoms with Gasteiger partial charge in [0.15, 0.2) is 17.2 Å². The van der Waals surface area contributed by atoms with Crippen molar-refractivity contribution in [3.8, 4) is 22.6 Å². The fraction of sp³-hybridized carbons (Fsp3) is 0.408. The molecule has 3 aliphatic rings. The number of nitrogens with one attached hydrogen (secondary N) is 3. The molecule has 2 fully saturated rings. The molecular weight excluding hydrogens is 856 g/mol. The van der Waals surface area contributed by atoms with E-state index < -0.39 is 35.0 Å². The summed E-state index contributed by atoms with van der Waals surface area (Å²) < 4.78 is 45.6. The number of carbonyl (C=O) groups is 4. The van der Waals surface area contributed by atoms with Gasteiger partial charge in [-0.25, -0.2) is 8.78 Å². The van der Waals surface area contributed by atoms with Crippen LogP contribution in [0.5, 0.6) is 11.5 Å². The van der Waals surface area contributed by atoms with Gasteiger partial charge in [0.25, 0.3) is 0 Å². The van der Waals surface area contributed by atoms with Gasteiger partial charge < -0.3 is 30.7 Å². The molecule has 0 spiro atoms. The van der Waals surface area contributed by atoms with Crippen LogP contribution in [0.2, 0.25) is 5.02 Å². The Hall–Kier alpha value is -6.06. The first-order valence-electron chi connectivity index (χ1n) is 22.3. The van der Waals surface area contributed by atoms with Crippen LogP contribution < -0.4 is 31.2 Å². The molecule has 1 aromatic heterocycles. The van der Waals surface area contributed by atoms with E-state index in [0.29, 0.717) is 50.2 Å². The number of hydrogen-bond acceptors (Lipinski definition) is 9. The number of fused-ring (bicyclic) bond motifs is 2. The monoisotopic (exact) mass is 909 g/mol. The molecule has 5 aromatic rings. The average molecular weight is 910 g/mol. The van der Waals surface area contributed by atoms with Crippen molar-refractivity contribution in [2.24, 2.45) is 12.8 Å². The zero-order chi connectivity index (χ0) is 46.0. The Balaban J connectivity index is 0.834. The maximum Gasteiger partial charge on any atom is 0.249 e. The Morgan fingerprint density at radius 1 is 1.00 bits per heavy atom. The van der Waals surface area contributed by atoms with E-state index in [-0.39, 0.29) is 57.0 Å². The number of likely N-dealkylation sites (tertiary alicyclic amines) is 1. The zero-order valence-electron chi connectivity index (χ0n) is 36.8. The normalized spacial score (nSPS) is 19.8. The van der Waals surface area contributed by atoms with E-state index in [9.17, 15) is 19.2 Å². The van der Waals surface area contributed by atoms with Crippen molar-refractivity contribution >= 4 is 51.8 Å². The highest BCUT2D eigenvalue weighted by molar-refractivity contribution is 6.34. The molecule has 4 heterocycles. The van der Waals surface area contributed by atoms with Crippen LogP contribution in [-0.2, 0) is 27.0 Å². The molecule has 2 saturated heterocycles. The molecule has 0 saturated carbocycles. The Kier molecular flexibility index (Phi) is 13.4. The molecule has 0 aliphatic carbocycles. The topological polar surface area (TPSA) is 170 Å². The van der Waals surface area contributed by atoms with Gasteiger partial charge in [0.05, 0.1) is 34.8 Å². The number of aromatic nitrogens is 2. The molecule has 65 heavy (non-hydrogen) atoms. The highest BCUT2D eigenvalue weighted by Crippen LogP contribution is 2.56. The predicted molar refractivity (Wildman–Crippen MR) is 244 cm³/mol. The highest BCUT2D eigenvalue weighted by Gasteiger charge is 2.50.